The van der Waals surface area contributed by atoms with Crippen LogP contribution in [0, 0.1) is 0 Å². The fourth-order valence-corrected chi connectivity index (χ4v) is 4.10. The van der Waals surface area contributed by atoms with Crippen molar-refractivity contribution in [3.05, 3.63) is 87.4 Å². The van der Waals surface area contributed by atoms with E-state index < -0.39 is 17.8 Å². The molecule has 38 heavy (non-hydrogen) atoms. The van der Waals surface area contributed by atoms with Crippen LogP contribution in [-0.2, 0) is 16.2 Å². The number of urea groups is 1. The summed E-state index contributed by atoms with van der Waals surface area (Å²) in [7, 11) is 1.53. The third kappa shape index (κ3) is 6.10. The van der Waals surface area contributed by atoms with E-state index in [1.54, 1.807) is 60.7 Å². The molecule has 1 aliphatic heterocycles. The van der Waals surface area contributed by atoms with Gasteiger partial charge in [0.2, 0.25) is 0 Å². The maximum Gasteiger partial charge on any atom is 0.335 e. The summed E-state index contributed by atoms with van der Waals surface area (Å²) < 4.78 is 16.8. The second kappa shape index (κ2) is 12.0. The number of methoxy groups -OCH3 is 1. The van der Waals surface area contributed by atoms with Crippen LogP contribution in [0.3, 0.4) is 0 Å². The van der Waals surface area contributed by atoms with Gasteiger partial charge >= 0.3 is 6.03 Å². The molecule has 10 heteroatoms. The lowest BCUT2D eigenvalue weighted by atomic mass is 10.1. The number of anilines is 1. The molecule has 3 aromatic rings. The summed E-state index contributed by atoms with van der Waals surface area (Å²) in [5, 5.41) is 3.23. The number of nitrogens with one attached hydrogen (secondary N) is 1. The van der Waals surface area contributed by atoms with Gasteiger partial charge in [0, 0.05) is 27.2 Å². The van der Waals surface area contributed by atoms with Gasteiger partial charge in [0.05, 0.1) is 19.4 Å². The number of rotatable bonds is 9. The number of hydrogen-bond acceptors (Lipinski definition) is 6. The highest BCUT2D eigenvalue weighted by atomic mass is 35.5. The van der Waals surface area contributed by atoms with Crippen molar-refractivity contribution in [2.45, 2.75) is 20.0 Å². The highest BCUT2D eigenvalue weighted by Crippen LogP contribution is 2.30. The normalized spacial score (nSPS) is 14.5. The number of hydrogen-bond donors (Lipinski definition) is 1. The summed E-state index contributed by atoms with van der Waals surface area (Å²) in [6.07, 6.45) is 2.16. The summed E-state index contributed by atoms with van der Waals surface area (Å²) in [5.74, 6) is -0.0569. The van der Waals surface area contributed by atoms with Crippen molar-refractivity contribution in [2.24, 2.45) is 0 Å². The van der Waals surface area contributed by atoms with Crippen LogP contribution in [0.25, 0.3) is 6.08 Å². The molecule has 0 atom stereocenters. The minimum Gasteiger partial charge on any atom is -0.497 e. The topological polar surface area (TPSA) is 94.2 Å². The molecule has 3 aromatic carbocycles. The molecule has 0 aliphatic carbocycles. The zero-order valence-electron chi connectivity index (χ0n) is 20.6. The van der Waals surface area contributed by atoms with Crippen molar-refractivity contribution in [3.63, 3.8) is 0 Å². The highest BCUT2D eigenvalue weighted by molar-refractivity contribution is 6.39. The van der Waals surface area contributed by atoms with Gasteiger partial charge in [-0.25, -0.2) is 9.69 Å². The van der Waals surface area contributed by atoms with E-state index in [1.807, 2.05) is 6.92 Å². The lowest BCUT2D eigenvalue weighted by Gasteiger charge is -2.26. The van der Waals surface area contributed by atoms with Crippen LogP contribution in [0.1, 0.15) is 24.5 Å². The van der Waals surface area contributed by atoms with Crippen LogP contribution in [0.2, 0.25) is 10.0 Å². The third-order valence-corrected chi connectivity index (χ3v) is 6.18. The Bertz CT molecular complexity index is 1400. The molecule has 4 amide bonds. The van der Waals surface area contributed by atoms with Crippen molar-refractivity contribution in [3.8, 4) is 17.2 Å². The molecule has 1 fully saturated rings. The maximum atomic E-state index is 13.3. The molecule has 1 heterocycles. The minimum absolute atomic E-state index is 0.199. The van der Waals surface area contributed by atoms with Gasteiger partial charge in [0.15, 0.2) is 0 Å². The summed E-state index contributed by atoms with van der Waals surface area (Å²) in [6, 6.07) is 15.6. The predicted molar refractivity (Wildman–Crippen MR) is 145 cm³/mol. The number of benzene rings is 3. The van der Waals surface area contributed by atoms with Crippen LogP contribution in [0.4, 0.5) is 10.5 Å². The predicted octanol–water partition coefficient (Wildman–Crippen LogP) is 6.04. The van der Waals surface area contributed by atoms with Gasteiger partial charge < -0.3 is 14.2 Å². The lowest BCUT2D eigenvalue weighted by molar-refractivity contribution is -0.122. The highest BCUT2D eigenvalue weighted by Gasteiger charge is 2.37. The largest absolute Gasteiger partial charge is 0.497 e. The Labute approximate surface area is 229 Å². The van der Waals surface area contributed by atoms with E-state index in [-0.39, 0.29) is 17.9 Å². The van der Waals surface area contributed by atoms with E-state index in [4.69, 9.17) is 37.4 Å². The monoisotopic (exact) mass is 554 g/mol. The minimum atomic E-state index is -0.851. The molecule has 4 rings (SSSR count). The molecule has 0 radical (unpaired) electrons. The van der Waals surface area contributed by atoms with Gasteiger partial charge in [0.25, 0.3) is 11.8 Å². The Kier molecular flexibility index (Phi) is 8.55. The lowest BCUT2D eigenvalue weighted by Crippen LogP contribution is -2.54. The smallest absolute Gasteiger partial charge is 0.335 e. The fourth-order valence-electron chi connectivity index (χ4n) is 3.64. The van der Waals surface area contributed by atoms with Crippen molar-refractivity contribution in [1.82, 2.24) is 5.32 Å². The number of carbonyl (C=O) groups excluding carboxylic acids is 3. The Morgan fingerprint density at radius 2 is 1.66 bits per heavy atom. The third-order valence-electron chi connectivity index (χ3n) is 5.59. The van der Waals surface area contributed by atoms with Gasteiger partial charge in [-0.3, -0.25) is 14.9 Å². The molecule has 0 bridgehead atoms. The zero-order chi connectivity index (χ0) is 27.2. The average Bonchev–Trinajstić information content (AvgIpc) is 2.90. The second-order valence-electron chi connectivity index (χ2n) is 8.23. The number of barbiturate groups is 1. The van der Waals surface area contributed by atoms with E-state index in [0.29, 0.717) is 39.5 Å². The molecule has 1 aliphatic rings. The SMILES string of the molecule is CCCOc1cc(OC)ccc1/C=C1\C(=O)NC(=O)N(c2ccc(OCc3ccc(Cl)cc3Cl)cc2)C1=O. The molecule has 8 nitrogen and oxygen atoms in total. The molecule has 0 unspecified atom stereocenters. The van der Waals surface area contributed by atoms with Crippen molar-refractivity contribution < 1.29 is 28.6 Å². The summed E-state index contributed by atoms with van der Waals surface area (Å²) in [4.78, 5) is 39.4. The van der Waals surface area contributed by atoms with E-state index in [0.717, 1.165) is 16.9 Å². The Hall–Kier alpha value is -4.01. The van der Waals surface area contributed by atoms with E-state index in [9.17, 15) is 14.4 Å². The number of amides is 4. The van der Waals surface area contributed by atoms with Crippen LogP contribution < -0.4 is 24.4 Å². The molecule has 196 valence electrons. The maximum absolute atomic E-state index is 13.3. The first-order valence-corrected chi connectivity index (χ1v) is 12.5. The van der Waals surface area contributed by atoms with Gasteiger partial charge in [-0.1, -0.05) is 36.2 Å². The number of ether oxygens (including phenoxy) is 3. The van der Waals surface area contributed by atoms with Crippen molar-refractivity contribution >= 4 is 52.8 Å². The first-order chi connectivity index (χ1) is 18.3. The second-order valence-corrected chi connectivity index (χ2v) is 9.07. The van der Waals surface area contributed by atoms with Crippen LogP contribution in [-0.4, -0.2) is 31.6 Å². The molecular weight excluding hydrogens is 531 g/mol. The number of carbonyl (C=O) groups is 3. The van der Waals surface area contributed by atoms with Crippen molar-refractivity contribution in [1.29, 1.82) is 0 Å². The molecule has 1 saturated heterocycles. The molecule has 0 saturated carbocycles. The quantitative estimate of drug-likeness (QED) is 0.256. The first kappa shape index (κ1) is 27.0. The molecule has 1 N–H and O–H groups in total. The van der Waals surface area contributed by atoms with Crippen molar-refractivity contribution in [2.75, 3.05) is 18.6 Å². The van der Waals surface area contributed by atoms with Crippen LogP contribution in [0.5, 0.6) is 17.2 Å². The fraction of sp³-hybridized carbons (Fsp3) is 0.179. The molecule has 0 aromatic heterocycles. The Morgan fingerprint density at radius 3 is 2.34 bits per heavy atom. The summed E-state index contributed by atoms with van der Waals surface area (Å²) in [6.45, 7) is 2.60. The number of halogens is 2. The number of nitrogens with zero attached hydrogens (tertiary/aromatic N) is 1. The standard InChI is InChI=1S/C28H24Cl2N2O6/c1-3-12-37-25-15-22(36-2)9-5-17(25)13-23-26(33)31-28(35)32(27(23)34)20-7-10-21(11-8-20)38-16-18-4-6-19(29)14-24(18)30/h4-11,13-15H,3,12,16H2,1-2H3,(H,31,33,35)/b23-13+. The Morgan fingerprint density at radius 1 is 0.921 bits per heavy atom. The van der Waals surface area contributed by atoms with E-state index >= 15 is 0 Å². The number of imide groups is 2. The van der Waals surface area contributed by atoms with E-state index in [1.165, 1.54) is 13.2 Å². The summed E-state index contributed by atoms with van der Waals surface area (Å²) in [5.41, 5.74) is 1.30. The summed E-state index contributed by atoms with van der Waals surface area (Å²) >= 11 is 12.1. The zero-order valence-corrected chi connectivity index (χ0v) is 22.1. The Balaban J connectivity index is 1.56. The van der Waals surface area contributed by atoms with Crippen LogP contribution >= 0.6 is 23.2 Å². The van der Waals surface area contributed by atoms with Gasteiger partial charge in [-0.05, 0) is 61.0 Å². The van der Waals surface area contributed by atoms with E-state index in [2.05, 4.69) is 5.32 Å². The van der Waals surface area contributed by atoms with Gasteiger partial charge in [-0.2, -0.15) is 0 Å². The molecule has 0 spiro atoms. The molecular formula is C28H24Cl2N2O6. The van der Waals surface area contributed by atoms with Gasteiger partial charge in [-0.15, -0.1) is 0 Å². The van der Waals surface area contributed by atoms with Gasteiger partial charge in [0.1, 0.15) is 29.4 Å². The average molecular weight is 555 g/mol. The van der Waals surface area contributed by atoms with Crippen LogP contribution in [0.15, 0.2) is 66.2 Å². The first-order valence-electron chi connectivity index (χ1n) is 11.7.